The molecule has 0 saturated carbocycles. The van der Waals surface area contributed by atoms with E-state index in [1.165, 1.54) is 10.2 Å². The Kier molecular flexibility index (Phi) is 5.52. The molecule has 21 heavy (non-hydrogen) atoms. The van der Waals surface area contributed by atoms with Crippen molar-refractivity contribution in [3.05, 3.63) is 56.9 Å². The Morgan fingerprint density at radius 3 is 2.71 bits per heavy atom. The molecule has 0 saturated heterocycles. The summed E-state index contributed by atoms with van der Waals surface area (Å²) in [6, 6.07) is 10.1. The zero-order chi connectivity index (χ0) is 15.2. The lowest BCUT2D eigenvalue weighted by atomic mass is 10.2. The predicted molar refractivity (Wildman–Crippen MR) is 88.3 cm³/mol. The van der Waals surface area contributed by atoms with Gasteiger partial charge in [-0.25, -0.2) is 4.68 Å². The van der Waals surface area contributed by atoms with E-state index in [1.54, 1.807) is 13.2 Å². The van der Waals surface area contributed by atoms with E-state index in [4.69, 9.17) is 5.73 Å². The number of hydrogen-bond acceptors (Lipinski definition) is 4. The summed E-state index contributed by atoms with van der Waals surface area (Å²) >= 11 is 3.39. The first kappa shape index (κ1) is 15.7. The van der Waals surface area contributed by atoms with Crippen LogP contribution in [0.4, 0.5) is 5.69 Å². The van der Waals surface area contributed by atoms with Crippen molar-refractivity contribution in [2.24, 2.45) is 12.8 Å². The van der Waals surface area contributed by atoms with Crippen molar-refractivity contribution >= 4 is 21.6 Å². The zero-order valence-corrected chi connectivity index (χ0v) is 13.6. The third kappa shape index (κ3) is 3.92. The molecule has 6 heteroatoms. The van der Waals surface area contributed by atoms with Crippen molar-refractivity contribution in [1.29, 1.82) is 0 Å². The standard InChI is InChI=1S/C15H19BrN4O/c1-19-15(21)14(16)13(10-18-19)20(9-5-8-17)11-12-6-3-2-4-7-12/h2-4,6-7,10H,5,8-9,11,17H2,1H3. The molecule has 0 spiro atoms. The number of nitrogens with zero attached hydrogens (tertiary/aromatic N) is 3. The molecule has 0 unspecified atom stereocenters. The van der Waals surface area contributed by atoms with E-state index in [0.717, 1.165) is 18.7 Å². The molecule has 0 aliphatic carbocycles. The van der Waals surface area contributed by atoms with Gasteiger partial charge in [-0.1, -0.05) is 30.3 Å². The van der Waals surface area contributed by atoms with Gasteiger partial charge >= 0.3 is 0 Å². The molecular formula is C15H19BrN4O. The van der Waals surface area contributed by atoms with Crippen LogP contribution in [0.15, 0.2) is 45.8 Å². The van der Waals surface area contributed by atoms with Crippen LogP contribution in [0.5, 0.6) is 0 Å². The summed E-state index contributed by atoms with van der Waals surface area (Å²) in [6.07, 6.45) is 2.57. The first-order valence-corrected chi connectivity index (χ1v) is 7.63. The van der Waals surface area contributed by atoms with Crippen LogP contribution in [0.2, 0.25) is 0 Å². The van der Waals surface area contributed by atoms with Gasteiger partial charge in [0.05, 0.1) is 11.9 Å². The number of anilines is 1. The van der Waals surface area contributed by atoms with E-state index in [-0.39, 0.29) is 5.56 Å². The van der Waals surface area contributed by atoms with Crippen LogP contribution in [-0.2, 0) is 13.6 Å². The third-order valence-electron chi connectivity index (χ3n) is 3.25. The van der Waals surface area contributed by atoms with Crippen molar-refractivity contribution in [2.75, 3.05) is 18.0 Å². The molecule has 0 radical (unpaired) electrons. The fourth-order valence-electron chi connectivity index (χ4n) is 2.09. The van der Waals surface area contributed by atoms with E-state index < -0.39 is 0 Å². The van der Waals surface area contributed by atoms with E-state index in [9.17, 15) is 4.79 Å². The molecule has 2 rings (SSSR count). The Morgan fingerprint density at radius 1 is 1.33 bits per heavy atom. The minimum Gasteiger partial charge on any atom is -0.365 e. The summed E-state index contributed by atoms with van der Waals surface area (Å²) in [5.41, 5.74) is 7.46. The van der Waals surface area contributed by atoms with E-state index in [0.29, 0.717) is 17.6 Å². The lowest BCUT2D eigenvalue weighted by Crippen LogP contribution is -2.30. The molecule has 0 bridgehead atoms. The number of aromatic nitrogens is 2. The van der Waals surface area contributed by atoms with Crippen LogP contribution in [-0.4, -0.2) is 22.9 Å². The lowest BCUT2D eigenvalue weighted by Gasteiger charge is -2.25. The van der Waals surface area contributed by atoms with Gasteiger partial charge in [0.25, 0.3) is 5.56 Å². The van der Waals surface area contributed by atoms with Gasteiger partial charge < -0.3 is 10.6 Å². The van der Waals surface area contributed by atoms with E-state index >= 15 is 0 Å². The maximum absolute atomic E-state index is 12.0. The maximum atomic E-state index is 12.0. The van der Waals surface area contributed by atoms with Crippen LogP contribution in [0, 0.1) is 0 Å². The van der Waals surface area contributed by atoms with Gasteiger partial charge in [0, 0.05) is 20.1 Å². The summed E-state index contributed by atoms with van der Waals surface area (Å²) in [5.74, 6) is 0. The van der Waals surface area contributed by atoms with Crippen LogP contribution in [0.3, 0.4) is 0 Å². The SMILES string of the molecule is Cn1ncc(N(CCCN)Cc2ccccc2)c(Br)c1=O. The molecule has 0 amide bonds. The topological polar surface area (TPSA) is 64.2 Å². The minimum absolute atomic E-state index is 0.140. The van der Waals surface area contributed by atoms with Gasteiger partial charge in [0.2, 0.25) is 0 Å². The summed E-state index contributed by atoms with van der Waals surface area (Å²) in [7, 11) is 1.64. The fourth-order valence-corrected chi connectivity index (χ4v) is 2.70. The highest BCUT2D eigenvalue weighted by Gasteiger charge is 2.14. The Labute approximate surface area is 132 Å². The maximum Gasteiger partial charge on any atom is 0.282 e. The normalized spacial score (nSPS) is 10.6. The molecule has 1 heterocycles. The van der Waals surface area contributed by atoms with Crippen molar-refractivity contribution in [1.82, 2.24) is 9.78 Å². The average molecular weight is 351 g/mol. The van der Waals surface area contributed by atoms with Crippen molar-refractivity contribution in [3.63, 3.8) is 0 Å². The quantitative estimate of drug-likeness (QED) is 0.863. The van der Waals surface area contributed by atoms with Crippen LogP contribution >= 0.6 is 15.9 Å². The second-order valence-electron chi connectivity index (χ2n) is 4.82. The predicted octanol–water partition coefficient (Wildman–Crippen LogP) is 1.90. The van der Waals surface area contributed by atoms with Gasteiger partial charge in [-0.3, -0.25) is 4.79 Å². The van der Waals surface area contributed by atoms with Crippen molar-refractivity contribution < 1.29 is 0 Å². The van der Waals surface area contributed by atoms with Gasteiger partial charge in [0.15, 0.2) is 0 Å². The summed E-state index contributed by atoms with van der Waals surface area (Å²) in [4.78, 5) is 14.1. The molecule has 0 atom stereocenters. The Balaban J connectivity index is 2.32. The molecular weight excluding hydrogens is 332 g/mol. The molecule has 1 aromatic heterocycles. The Hall–Kier alpha value is -1.66. The van der Waals surface area contributed by atoms with Crippen molar-refractivity contribution in [3.8, 4) is 0 Å². The van der Waals surface area contributed by atoms with E-state index in [1.807, 2.05) is 18.2 Å². The van der Waals surface area contributed by atoms with Gasteiger partial charge in [-0.05, 0) is 34.5 Å². The van der Waals surface area contributed by atoms with Crippen LogP contribution < -0.4 is 16.2 Å². The van der Waals surface area contributed by atoms with E-state index in [2.05, 4.69) is 38.1 Å². The van der Waals surface area contributed by atoms with Crippen LogP contribution in [0.1, 0.15) is 12.0 Å². The first-order valence-electron chi connectivity index (χ1n) is 6.84. The monoisotopic (exact) mass is 350 g/mol. The van der Waals surface area contributed by atoms with Gasteiger partial charge in [-0.15, -0.1) is 0 Å². The first-order chi connectivity index (χ1) is 10.1. The molecule has 0 aliphatic heterocycles. The second-order valence-corrected chi connectivity index (χ2v) is 5.61. The average Bonchev–Trinajstić information content (AvgIpc) is 2.51. The minimum atomic E-state index is -0.140. The zero-order valence-electron chi connectivity index (χ0n) is 12.0. The molecule has 112 valence electrons. The molecule has 2 aromatic rings. The number of rotatable bonds is 6. The smallest absolute Gasteiger partial charge is 0.282 e. The highest BCUT2D eigenvalue weighted by molar-refractivity contribution is 9.10. The van der Waals surface area contributed by atoms with Gasteiger partial charge in [-0.2, -0.15) is 5.10 Å². The number of benzene rings is 1. The Bertz CT molecular complexity index is 642. The second kappa shape index (κ2) is 7.38. The lowest BCUT2D eigenvalue weighted by molar-refractivity contribution is 0.683. The molecule has 5 nitrogen and oxygen atoms in total. The van der Waals surface area contributed by atoms with Gasteiger partial charge in [0.1, 0.15) is 4.47 Å². The summed E-state index contributed by atoms with van der Waals surface area (Å²) in [6.45, 7) is 2.11. The summed E-state index contributed by atoms with van der Waals surface area (Å²) < 4.78 is 1.85. The fraction of sp³-hybridized carbons (Fsp3) is 0.333. The molecule has 2 N–H and O–H groups in total. The van der Waals surface area contributed by atoms with Crippen molar-refractivity contribution in [2.45, 2.75) is 13.0 Å². The largest absolute Gasteiger partial charge is 0.365 e. The number of halogens is 1. The highest BCUT2D eigenvalue weighted by Crippen LogP contribution is 2.23. The molecule has 0 aliphatic rings. The number of nitrogens with two attached hydrogens (primary N) is 1. The highest BCUT2D eigenvalue weighted by atomic mass is 79.9. The Morgan fingerprint density at radius 2 is 2.05 bits per heavy atom. The molecule has 0 fully saturated rings. The third-order valence-corrected chi connectivity index (χ3v) is 3.99. The molecule has 1 aromatic carbocycles. The summed E-state index contributed by atoms with van der Waals surface area (Å²) in [5, 5.41) is 4.11. The number of hydrogen-bond donors (Lipinski definition) is 1. The number of aryl methyl sites for hydroxylation is 1. The van der Waals surface area contributed by atoms with Crippen LogP contribution in [0.25, 0.3) is 0 Å².